The first kappa shape index (κ1) is 19.6. The number of halogens is 2. The molecule has 1 heterocycles. The van der Waals surface area contributed by atoms with E-state index in [-0.39, 0.29) is 24.7 Å². The minimum atomic E-state index is -0.489. The van der Waals surface area contributed by atoms with Gasteiger partial charge in [-0.3, -0.25) is 9.59 Å². The summed E-state index contributed by atoms with van der Waals surface area (Å²) in [5, 5.41) is 5.15. The Morgan fingerprint density at radius 1 is 1.07 bits per heavy atom. The first-order chi connectivity index (χ1) is 13.5. The van der Waals surface area contributed by atoms with Gasteiger partial charge in [0.15, 0.2) is 10.4 Å². The van der Waals surface area contributed by atoms with Gasteiger partial charge >= 0.3 is 0 Å². The van der Waals surface area contributed by atoms with Gasteiger partial charge < -0.3 is 19.8 Å². The van der Waals surface area contributed by atoms with Crippen molar-refractivity contribution in [2.24, 2.45) is 0 Å². The maximum Gasteiger partial charge on any atom is 0.287 e. The molecule has 2 amide bonds. The predicted octanol–water partition coefficient (Wildman–Crippen LogP) is 4.13. The van der Waals surface area contributed by atoms with Crippen LogP contribution >= 0.6 is 15.9 Å². The molecule has 0 bridgehead atoms. The Morgan fingerprint density at radius 3 is 2.57 bits per heavy atom. The van der Waals surface area contributed by atoms with Gasteiger partial charge in [0.25, 0.3) is 5.91 Å². The summed E-state index contributed by atoms with van der Waals surface area (Å²) < 4.78 is 24.1. The summed E-state index contributed by atoms with van der Waals surface area (Å²) in [5.74, 6) is -0.533. The van der Waals surface area contributed by atoms with Crippen LogP contribution in [-0.2, 0) is 11.4 Å². The number of rotatable bonds is 7. The SMILES string of the molecule is O=C(CNC(=O)c1ccc(Br)o1)Nc1cccc(OCc2ccc(F)cc2)c1. The number of amides is 2. The minimum Gasteiger partial charge on any atom is -0.489 e. The van der Waals surface area contributed by atoms with Crippen LogP contribution in [-0.4, -0.2) is 18.4 Å². The highest BCUT2D eigenvalue weighted by molar-refractivity contribution is 9.10. The summed E-state index contributed by atoms with van der Waals surface area (Å²) in [7, 11) is 0. The maximum atomic E-state index is 12.9. The van der Waals surface area contributed by atoms with Gasteiger partial charge in [0.1, 0.15) is 18.2 Å². The van der Waals surface area contributed by atoms with Gasteiger partial charge in [-0.1, -0.05) is 18.2 Å². The van der Waals surface area contributed by atoms with E-state index in [1.807, 2.05) is 0 Å². The first-order valence-electron chi connectivity index (χ1n) is 8.30. The largest absolute Gasteiger partial charge is 0.489 e. The van der Waals surface area contributed by atoms with Crippen LogP contribution in [0.2, 0.25) is 0 Å². The summed E-state index contributed by atoms with van der Waals surface area (Å²) in [4.78, 5) is 23.9. The van der Waals surface area contributed by atoms with Gasteiger partial charge in [-0.25, -0.2) is 4.39 Å². The molecule has 1 aromatic heterocycles. The van der Waals surface area contributed by atoms with E-state index in [2.05, 4.69) is 26.6 Å². The molecular weight excluding hydrogens is 431 g/mol. The summed E-state index contributed by atoms with van der Waals surface area (Å²) >= 11 is 3.11. The zero-order valence-electron chi connectivity index (χ0n) is 14.6. The molecular formula is C20H16BrFN2O4. The van der Waals surface area contributed by atoms with E-state index in [4.69, 9.17) is 9.15 Å². The Balaban J connectivity index is 1.49. The van der Waals surface area contributed by atoms with E-state index in [1.165, 1.54) is 18.2 Å². The molecule has 2 N–H and O–H groups in total. The van der Waals surface area contributed by atoms with Gasteiger partial charge in [-0.15, -0.1) is 0 Å². The monoisotopic (exact) mass is 446 g/mol. The second-order valence-electron chi connectivity index (χ2n) is 5.78. The molecule has 0 fully saturated rings. The molecule has 0 radical (unpaired) electrons. The van der Waals surface area contributed by atoms with E-state index in [0.717, 1.165) is 5.56 Å². The standard InChI is InChI=1S/C20H16BrFN2O4/c21-18-9-8-17(28-18)20(26)23-11-19(25)24-15-2-1-3-16(10-15)27-12-13-4-6-14(22)7-5-13/h1-10H,11-12H2,(H,23,26)(H,24,25). The molecule has 0 saturated carbocycles. The third-order valence-electron chi connectivity index (χ3n) is 3.64. The molecule has 0 unspecified atom stereocenters. The Bertz CT molecular complexity index is 972. The van der Waals surface area contributed by atoms with Crippen LogP contribution < -0.4 is 15.4 Å². The van der Waals surface area contributed by atoms with Crippen molar-refractivity contribution < 1.29 is 23.1 Å². The Hall–Kier alpha value is -3.13. The number of ether oxygens (including phenoxy) is 1. The zero-order chi connectivity index (χ0) is 19.9. The van der Waals surface area contributed by atoms with Crippen LogP contribution in [0.3, 0.4) is 0 Å². The van der Waals surface area contributed by atoms with Gasteiger partial charge in [-0.05, 0) is 57.9 Å². The molecule has 0 atom stereocenters. The predicted molar refractivity (Wildman–Crippen MR) is 105 cm³/mol. The number of benzene rings is 2. The molecule has 3 rings (SSSR count). The average Bonchev–Trinajstić information content (AvgIpc) is 3.12. The van der Waals surface area contributed by atoms with Crippen LogP contribution in [0.5, 0.6) is 5.75 Å². The number of furan rings is 1. The molecule has 28 heavy (non-hydrogen) atoms. The second-order valence-corrected chi connectivity index (χ2v) is 6.56. The molecule has 144 valence electrons. The molecule has 3 aromatic rings. The van der Waals surface area contributed by atoms with Crippen molar-refractivity contribution in [1.82, 2.24) is 5.32 Å². The fourth-order valence-electron chi connectivity index (χ4n) is 2.30. The number of nitrogens with one attached hydrogen (secondary N) is 2. The van der Waals surface area contributed by atoms with Gasteiger partial charge in [0.05, 0.1) is 6.54 Å². The zero-order valence-corrected chi connectivity index (χ0v) is 16.2. The van der Waals surface area contributed by atoms with E-state index in [0.29, 0.717) is 16.1 Å². The fourth-order valence-corrected chi connectivity index (χ4v) is 2.61. The number of anilines is 1. The van der Waals surface area contributed by atoms with Crippen molar-refractivity contribution in [2.45, 2.75) is 6.61 Å². The summed E-state index contributed by atoms with van der Waals surface area (Å²) in [6.07, 6.45) is 0. The lowest BCUT2D eigenvalue weighted by Crippen LogP contribution is -2.32. The third kappa shape index (κ3) is 5.68. The normalized spacial score (nSPS) is 10.4. The van der Waals surface area contributed by atoms with Gasteiger partial charge in [-0.2, -0.15) is 0 Å². The molecule has 2 aromatic carbocycles. The molecule has 0 spiro atoms. The average molecular weight is 447 g/mol. The van der Waals surface area contributed by atoms with Crippen LogP contribution in [0.1, 0.15) is 16.1 Å². The van der Waals surface area contributed by atoms with Crippen molar-refractivity contribution >= 4 is 33.4 Å². The number of hydrogen-bond acceptors (Lipinski definition) is 4. The smallest absolute Gasteiger partial charge is 0.287 e. The van der Waals surface area contributed by atoms with Crippen LogP contribution in [0.15, 0.2) is 69.8 Å². The topological polar surface area (TPSA) is 80.6 Å². The van der Waals surface area contributed by atoms with E-state index >= 15 is 0 Å². The lowest BCUT2D eigenvalue weighted by atomic mass is 10.2. The van der Waals surface area contributed by atoms with Crippen LogP contribution in [0.4, 0.5) is 10.1 Å². The van der Waals surface area contributed by atoms with Gasteiger partial charge in [0.2, 0.25) is 5.91 Å². The Labute approximate surface area is 168 Å². The molecule has 0 aliphatic heterocycles. The lowest BCUT2D eigenvalue weighted by molar-refractivity contribution is -0.115. The molecule has 0 saturated heterocycles. The van der Waals surface area contributed by atoms with E-state index in [1.54, 1.807) is 42.5 Å². The minimum absolute atomic E-state index is 0.107. The summed E-state index contributed by atoms with van der Waals surface area (Å²) in [6, 6.07) is 15.9. The fraction of sp³-hybridized carbons (Fsp3) is 0.100. The lowest BCUT2D eigenvalue weighted by Gasteiger charge is -2.10. The van der Waals surface area contributed by atoms with Crippen LogP contribution in [0.25, 0.3) is 0 Å². The number of carbonyl (C=O) groups excluding carboxylic acids is 2. The van der Waals surface area contributed by atoms with Gasteiger partial charge in [0, 0.05) is 11.8 Å². The van der Waals surface area contributed by atoms with Crippen molar-refractivity contribution in [3.8, 4) is 5.75 Å². The Kier molecular flexibility index (Phi) is 6.44. The van der Waals surface area contributed by atoms with E-state index in [9.17, 15) is 14.0 Å². The van der Waals surface area contributed by atoms with Crippen molar-refractivity contribution in [3.63, 3.8) is 0 Å². The second kappa shape index (κ2) is 9.18. The van der Waals surface area contributed by atoms with Crippen LogP contribution in [0, 0.1) is 5.82 Å². The highest BCUT2D eigenvalue weighted by atomic mass is 79.9. The van der Waals surface area contributed by atoms with E-state index < -0.39 is 11.8 Å². The summed E-state index contributed by atoms with van der Waals surface area (Å²) in [6.45, 7) is 0.0598. The van der Waals surface area contributed by atoms with Crippen molar-refractivity contribution in [3.05, 3.63) is 82.5 Å². The summed E-state index contributed by atoms with van der Waals surface area (Å²) in [5.41, 5.74) is 1.35. The first-order valence-corrected chi connectivity index (χ1v) is 9.09. The highest BCUT2D eigenvalue weighted by Gasteiger charge is 2.12. The molecule has 6 nitrogen and oxygen atoms in total. The maximum absolute atomic E-state index is 12.9. The molecule has 0 aliphatic carbocycles. The third-order valence-corrected chi connectivity index (χ3v) is 4.07. The Morgan fingerprint density at radius 2 is 1.86 bits per heavy atom. The molecule has 0 aliphatic rings. The highest BCUT2D eigenvalue weighted by Crippen LogP contribution is 2.19. The van der Waals surface area contributed by atoms with Crippen molar-refractivity contribution in [2.75, 3.05) is 11.9 Å². The quantitative estimate of drug-likeness (QED) is 0.571. The number of carbonyl (C=O) groups is 2. The van der Waals surface area contributed by atoms with Crippen molar-refractivity contribution in [1.29, 1.82) is 0 Å². The molecule has 8 heteroatoms. The number of hydrogen-bond donors (Lipinski definition) is 2.